The molecule has 0 amide bonds. The zero-order valence-electron chi connectivity index (χ0n) is 9.79. The first-order valence-electron chi connectivity index (χ1n) is 4.88. The number of carbonyl (C=O) groups is 1. The summed E-state index contributed by atoms with van der Waals surface area (Å²) < 4.78 is 35.2. The molecule has 0 fully saturated rings. The summed E-state index contributed by atoms with van der Waals surface area (Å²) in [5.41, 5.74) is 0.0382. The number of alkyl halides is 2. The molecule has 0 N–H and O–H groups in total. The van der Waals surface area contributed by atoms with E-state index in [9.17, 15) is 13.6 Å². The molecule has 6 heteroatoms. The number of pyridine rings is 1. The van der Waals surface area contributed by atoms with Crippen LogP contribution in [0.4, 0.5) is 8.78 Å². The third-order valence-corrected chi connectivity index (χ3v) is 2.37. The monoisotopic (exact) mass is 245 g/mol. The molecule has 94 valence electrons. The van der Waals surface area contributed by atoms with Crippen LogP contribution >= 0.6 is 0 Å². The highest BCUT2D eigenvalue weighted by atomic mass is 19.3. The van der Waals surface area contributed by atoms with Crippen molar-refractivity contribution in [2.45, 2.75) is 19.8 Å². The molecule has 0 saturated heterocycles. The molecule has 0 spiro atoms. The highest BCUT2D eigenvalue weighted by Gasteiger charge is 2.22. The van der Waals surface area contributed by atoms with Gasteiger partial charge in [0, 0.05) is 16.8 Å². The minimum absolute atomic E-state index is 0.127. The van der Waals surface area contributed by atoms with Crippen LogP contribution < -0.4 is 4.74 Å². The first-order chi connectivity index (χ1) is 8.01. The standard InChI is InChI=1S/C11H13F2NO3/c1-6-10(11(12)13)7(4-9(15)17-3)8(16-2)5-14-6/h5,11H,4H2,1-3H3. The summed E-state index contributed by atoms with van der Waals surface area (Å²) in [6, 6.07) is 0. The van der Waals surface area contributed by atoms with Gasteiger partial charge < -0.3 is 9.47 Å². The van der Waals surface area contributed by atoms with Crippen LogP contribution in [0, 0.1) is 6.92 Å². The molecular formula is C11H13F2NO3. The summed E-state index contributed by atoms with van der Waals surface area (Å²) in [6.45, 7) is 1.46. The number of esters is 1. The molecule has 0 bridgehead atoms. The van der Waals surface area contributed by atoms with Crippen molar-refractivity contribution in [3.63, 3.8) is 0 Å². The maximum Gasteiger partial charge on any atom is 0.310 e. The molecule has 0 aromatic carbocycles. The Balaban J connectivity index is 3.29. The Morgan fingerprint density at radius 3 is 2.59 bits per heavy atom. The molecule has 0 atom stereocenters. The number of ether oxygens (including phenoxy) is 2. The fraction of sp³-hybridized carbons (Fsp3) is 0.455. The first-order valence-corrected chi connectivity index (χ1v) is 4.88. The van der Waals surface area contributed by atoms with Gasteiger partial charge >= 0.3 is 5.97 Å². The predicted molar refractivity (Wildman–Crippen MR) is 56.2 cm³/mol. The summed E-state index contributed by atoms with van der Waals surface area (Å²) in [7, 11) is 2.53. The largest absolute Gasteiger partial charge is 0.495 e. The number of nitrogens with zero attached hydrogens (tertiary/aromatic N) is 1. The Morgan fingerprint density at radius 1 is 1.47 bits per heavy atom. The Labute approximate surface area is 97.6 Å². The van der Waals surface area contributed by atoms with Gasteiger partial charge in [-0.2, -0.15) is 0 Å². The van der Waals surface area contributed by atoms with Crippen LogP contribution in [-0.2, 0) is 16.0 Å². The van der Waals surface area contributed by atoms with E-state index in [1.54, 1.807) is 0 Å². The van der Waals surface area contributed by atoms with E-state index in [0.717, 1.165) is 0 Å². The van der Waals surface area contributed by atoms with Crippen molar-refractivity contribution in [2.24, 2.45) is 0 Å². The fourth-order valence-corrected chi connectivity index (χ4v) is 1.52. The van der Waals surface area contributed by atoms with Crippen LogP contribution in [0.2, 0.25) is 0 Å². The Bertz CT molecular complexity index is 421. The maximum absolute atomic E-state index is 12.9. The molecule has 0 radical (unpaired) electrons. The molecule has 1 aromatic heterocycles. The van der Waals surface area contributed by atoms with E-state index >= 15 is 0 Å². The zero-order chi connectivity index (χ0) is 13.0. The van der Waals surface area contributed by atoms with E-state index in [-0.39, 0.29) is 29.0 Å². The molecule has 17 heavy (non-hydrogen) atoms. The van der Waals surface area contributed by atoms with Crippen LogP contribution in [0.25, 0.3) is 0 Å². The molecule has 4 nitrogen and oxygen atoms in total. The summed E-state index contributed by atoms with van der Waals surface area (Å²) in [5, 5.41) is 0. The number of carbonyl (C=O) groups excluding carboxylic acids is 1. The lowest BCUT2D eigenvalue weighted by molar-refractivity contribution is -0.139. The lowest BCUT2D eigenvalue weighted by Crippen LogP contribution is -2.11. The second-order valence-corrected chi connectivity index (χ2v) is 3.36. The van der Waals surface area contributed by atoms with Crippen molar-refractivity contribution in [3.05, 3.63) is 23.0 Å². The third-order valence-electron chi connectivity index (χ3n) is 2.37. The molecule has 0 aliphatic heterocycles. The number of hydrogen-bond acceptors (Lipinski definition) is 4. The molecule has 1 aromatic rings. The average Bonchev–Trinajstić information content (AvgIpc) is 2.28. The minimum Gasteiger partial charge on any atom is -0.495 e. The SMILES string of the molecule is COC(=O)Cc1c(OC)cnc(C)c1C(F)F. The molecule has 0 aliphatic carbocycles. The van der Waals surface area contributed by atoms with Gasteiger partial charge in [0.25, 0.3) is 6.43 Å². The molecule has 0 saturated carbocycles. The van der Waals surface area contributed by atoms with Crippen LogP contribution in [0.5, 0.6) is 5.75 Å². The number of methoxy groups -OCH3 is 2. The Kier molecular flexibility index (Phi) is 4.37. The van der Waals surface area contributed by atoms with Gasteiger partial charge in [-0.3, -0.25) is 9.78 Å². The summed E-state index contributed by atoms with van der Waals surface area (Å²) in [4.78, 5) is 15.0. The lowest BCUT2D eigenvalue weighted by atomic mass is 10.0. The van der Waals surface area contributed by atoms with Gasteiger partial charge in [-0.25, -0.2) is 8.78 Å². The van der Waals surface area contributed by atoms with E-state index in [2.05, 4.69) is 9.72 Å². The summed E-state index contributed by atoms with van der Waals surface area (Å²) >= 11 is 0. The number of rotatable bonds is 4. The third kappa shape index (κ3) is 2.89. The predicted octanol–water partition coefficient (Wildman–Crippen LogP) is 2.05. The number of aryl methyl sites for hydroxylation is 1. The number of hydrogen-bond donors (Lipinski definition) is 0. The van der Waals surface area contributed by atoms with E-state index < -0.39 is 12.4 Å². The molecular weight excluding hydrogens is 232 g/mol. The van der Waals surface area contributed by atoms with E-state index in [0.29, 0.717) is 0 Å². The van der Waals surface area contributed by atoms with Gasteiger partial charge in [0.05, 0.1) is 26.8 Å². The van der Waals surface area contributed by atoms with Gasteiger partial charge in [0.2, 0.25) is 0 Å². The van der Waals surface area contributed by atoms with Crippen molar-refractivity contribution in [1.82, 2.24) is 4.98 Å². The number of aromatic nitrogens is 1. The van der Waals surface area contributed by atoms with Crippen LogP contribution in [0.15, 0.2) is 6.20 Å². The van der Waals surface area contributed by atoms with Crippen molar-refractivity contribution in [1.29, 1.82) is 0 Å². The van der Waals surface area contributed by atoms with Crippen LogP contribution in [-0.4, -0.2) is 25.2 Å². The maximum atomic E-state index is 12.9. The Morgan fingerprint density at radius 2 is 2.12 bits per heavy atom. The van der Waals surface area contributed by atoms with Crippen LogP contribution in [0.1, 0.15) is 23.2 Å². The van der Waals surface area contributed by atoms with Gasteiger partial charge in [-0.05, 0) is 6.92 Å². The zero-order valence-corrected chi connectivity index (χ0v) is 9.79. The minimum atomic E-state index is -2.71. The van der Waals surface area contributed by atoms with Crippen LogP contribution in [0.3, 0.4) is 0 Å². The van der Waals surface area contributed by atoms with Gasteiger partial charge in [-0.15, -0.1) is 0 Å². The normalized spacial score (nSPS) is 10.5. The van der Waals surface area contributed by atoms with E-state index in [1.165, 1.54) is 27.3 Å². The van der Waals surface area contributed by atoms with Crippen molar-refractivity contribution in [3.8, 4) is 5.75 Å². The van der Waals surface area contributed by atoms with E-state index in [1.807, 2.05) is 0 Å². The number of halogens is 2. The summed E-state index contributed by atoms with van der Waals surface area (Å²) in [6.07, 6.45) is -1.65. The fourth-order valence-electron chi connectivity index (χ4n) is 1.52. The van der Waals surface area contributed by atoms with Gasteiger partial charge in [-0.1, -0.05) is 0 Å². The second kappa shape index (κ2) is 5.56. The molecule has 0 aliphatic rings. The smallest absolute Gasteiger partial charge is 0.310 e. The summed E-state index contributed by atoms with van der Waals surface area (Å²) in [5.74, 6) is -0.438. The molecule has 1 rings (SSSR count). The molecule has 1 heterocycles. The topological polar surface area (TPSA) is 48.4 Å². The Hall–Kier alpha value is -1.72. The first kappa shape index (κ1) is 13.3. The lowest BCUT2D eigenvalue weighted by Gasteiger charge is -2.14. The highest BCUT2D eigenvalue weighted by molar-refractivity contribution is 5.74. The molecule has 0 unspecified atom stereocenters. The quantitative estimate of drug-likeness (QED) is 0.762. The van der Waals surface area contributed by atoms with Gasteiger partial charge in [0.1, 0.15) is 5.75 Å². The second-order valence-electron chi connectivity index (χ2n) is 3.36. The van der Waals surface area contributed by atoms with Crippen molar-refractivity contribution < 1.29 is 23.0 Å². The van der Waals surface area contributed by atoms with E-state index in [4.69, 9.17) is 4.74 Å². The highest BCUT2D eigenvalue weighted by Crippen LogP contribution is 2.31. The average molecular weight is 245 g/mol. The van der Waals surface area contributed by atoms with Crippen molar-refractivity contribution in [2.75, 3.05) is 14.2 Å². The van der Waals surface area contributed by atoms with Crippen molar-refractivity contribution >= 4 is 5.97 Å². The van der Waals surface area contributed by atoms with Gasteiger partial charge in [0.15, 0.2) is 0 Å².